The highest BCUT2D eigenvalue weighted by Gasteiger charge is 2.14. The fraction of sp³-hybridized carbons (Fsp3) is 0.125. The van der Waals surface area contributed by atoms with Gasteiger partial charge >= 0.3 is 11.8 Å². The van der Waals surface area contributed by atoms with Gasteiger partial charge in [-0.15, -0.1) is 0 Å². The number of para-hydroxylation sites is 2. The van der Waals surface area contributed by atoms with Crippen molar-refractivity contribution >= 4 is 40.7 Å². The van der Waals surface area contributed by atoms with Gasteiger partial charge in [0.25, 0.3) is 0 Å². The number of hydrogen-bond acceptors (Lipinski definition) is 3. The summed E-state index contributed by atoms with van der Waals surface area (Å²) in [7, 11) is 0. The minimum absolute atomic E-state index is 0.167. The first-order valence-corrected chi connectivity index (χ1v) is 7.54. The lowest BCUT2D eigenvalue weighted by Gasteiger charge is -2.09. The zero-order chi connectivity index (χ0) is 16.7. The van der Waals surface area contributed by atoms with Gasteiger partial charge in [0, 0.05) is 0 Å². The summed E-state index contributed by atoms with van der Waals surface area (Å²) in [6.45, 7) is 0.356. The predicted molar refractivity (Wildman–Crippen MR) is 90.0 cm³/mol. The summed E-state index contributed by atoms with van der Waals surface area (Å²) in [6.07, 6.45) is 0. The second-order valence-corrected chi connectivity index (χ2v) is 5.28. The molecule has 0 saturated heterocycles. The third-order valence-electron chi connectivity index (χ3n) is 2.81. The number of halogens is 2. The highest BCUT2D eigenvalue weighted by molar-refractivity contribution is 6.41. The number of hydrogen-bond donors (Lipinski definition) is 2. The second kappa shape index (κ2) is 8.41. The van der Waals surface area contributed by atoms with Crippen molar-refractivity contribution < 1.29 is 14.3 Å². The number of amides is 2. The molecule has 0 bridgehead atoms. The third kappa shape index (κ3) is 5.16. The first-order valence-electron chi connectivity index (χ1n) is 6.79. The smallest absolute Gasteiger partial charge is 0.313 e. The molecular formula is C16H14Cl2N2O3. The summed E-state index contributed by atoms with van der Waals surface area (Å²) in [5, 5.41) is 5.72. The molecule has 0 unspecified atom stereocenters. The van der Waals surface area contributed by atoms with Crippen molar-refractivity contribution in [3.05, 3.63) is 58.6 Å². The Balaban J connectivity index is 1.75. The van der Waals surface area contributed by atoms with E-state index in [-0.39, 0.29) is 13.2 Å². The monoisotopic (exact) mass is 352 g/mol. The van der Waals surface area contributed by atoms with Crippen molar-refractivity contribution in [3.63, 3.8) is 0 Å². The third-order valence-corrected chi connectivity index (χ3v) is 3.45. The molecule has 0 saturated carbocycles. The molecule has 0 fully saturated rings. The Bertz CT molecular complexity index is 707. The van der Waals surface area contributed by atoms with Gasteiger partial charge in [-0.2, -0.15) is 0 Å². The van der Waals surface area contributed by atoms with Gasteiger partial charge in [-0.3, -0.25) is 9.59 Å². The summed E-state index contributed by atoms with van der Waals surface area (Å²) in [5.41, 5.74) is 0.377. The van der Waals surface area contributed by atoms with E-state index in [0.717, 1.165) is 0 Å². The van der Waals surface area contributed by atoms with Crippen LogP contribution in [0, 0.1) is 0 Å². The Labute approximate surface area is 143 Å². The summed E-state index contributed by atoms with van der Waals surface area (Å²) in [5.74, 6) is -1.05. The van der Waals surface area contributed by atoms with Crippen LogP contribution in [0.2, 0.25) is 10.0 Å². The number of benzene rings is 2. The number of rotatable bonds is 5. The number of nitrogens with one attached hydrogen (secondary N) is 2. The quantitative estimate of drug-likeness (QED) is 0.641. The van der Waals surface area contributed by atoms with Crippen molar-refractivity contribution in [2.75, 3.05) is 18.5 Å². The van der Waals surface area contributed by atoms with Crippen LogP contribution in [0.3, 0.4) is 0 Å². The highest BCUT2D eigenvalue weighted by atomic mass is 35.5. The van der Waals surface area contributed by atoms with Gasteiger partial charge in [0.15, 0.2) is 0 Å². The molecule has 0 heterocycles. The maximum Gasteiger partial charge on any atom is 0.313 e. The van der Waals surface area contributed by atoms with Crippen molar-refractivity contribution in [1.82, 2.24) is 5.32 Å². The molecule has 0 aliphatic rings. The summed E-state index contributed by atoms with van der Waals surface area (Å²) in [6, 6.07) is 13.6. The normalized spacial score (nSPS) is 10.0. The Morgan fingerprint density at radius 1 is 0.913 bits per heavy atom. The molecule has 7 heteroatoms. The zero-order valence-corrected chi connectivity index (χ0v) is 13.5. The van der Waals surface area contributed by atoms with E-state index < -0.39 is 11.8 Å². The topological polar surface area (TPSA) is 67.4 Å². The van der Waals surface area contributed by atoms with Crippen LogP contribution in [-0.2, 0) is 9.59 Å². The van der Waals surface area contributed by atoms with E-state index in [2.05, 4.69) is 10.6 Å². The Morgan fingerprint density at radius 3 is 2.26 bits per heavy atom. The summed E-state index contributed by atoms with van der Waals surface area (Å²) in [4.78, 5) is 23.4. The fourth-order valence-corrected chi connectivity index (χ4v) is 2.08. The van der Waals surface area contributed by atoms with Crippen LogP contribution in [0.15, 0.2) is 48.5 Å². The zero-order valence-electron chi connectivity index (χ0n) is 12.0. The second-order valence-electron chi connectivity index (χ2n) is 4.47. The lowest BCUT2D eigenvalue weighted by atomic mass is 10.3. The molecule has 0 aliphatic carbocycles. The van der Waals surface area contributed by atoms with Crippen LogP contribution in [0.4, 0.5) is 5.69 Å². The Hall–Kier alpha value is -2.24. The lowest BCUT2D eigenvalue weighted by Crippen LogP contribution is -2.37. The molecule has 2 amide bonds. The molecule has 120 valence electrons. The van der Waals surface area contributed by atoms with Crippen LogP contribution in [0.25, 0.3) is 0 Å². The van der Waals surface area contributed by atoms with Crippen molar-refractivity contribution in [1.29, 1.82) is 0 Å². The molecule has 2 N–H and O–H groups in total. The van der Waals surface area contributed by atoms with Gasteiger partial charge in [0.1, 0.15) is 12.4 Å². The van der Waals surface area contributed by atoms with Crippen LogP contribution < -0.4 is 15.4 Å². The van der Waals surface area contributed by atoms with Crippen LogP contribution in [-0.4, -0.2) is 25.0 Å². The Morgan fingerprint density at radius 2 is 1.57 bits per heavy atom. The molecule has 0 spiro atoms. The molecule has 0 aromatic heterocycles. The summed E-state index contributed by atoms with van der Waals surface area (Å²) < 4.78 is 5.40. The SMILES string of the molecule is O=C(NCCOc1ccccc1Cl)C(=O)Nc1ccccc1Cl. The van der Waals surface area contributed by atoms with Gasteiger partial charge < -0.3 is 15.4 Å². The minimum Gasteiger partial charge on any atom is -0.490 e. The standard InChI is InChI=1S/C16H14Cl2N2O3/c17-11-5-1-3-7-13(11)20-16(22)15(21)19-9-10-23-14-8-4-2-6-12(14)18/h1-8H,9-10H2,(H,19,21)(H,20,22). The van der Waals surface area contributed by atoms with E-state index in [1.54, 1.807) is 48.5 Å². The van der Waals surface area contributed by atoms with Gasteiger partial charge in [-0.05, 0) is 24.3 Å². The molecule has 5 nitrogen and oxygen atoms in total. The molecule has 0 radical (unpaired) electrons. The molecule has 2 aromatic carbocycles. The first-order chi connectivity index (χ1) is 11.1. The number of carbonyl (C=O) groups excluding carboxylic acids is 2. The molecule has 0 atom stereocenters. The van der Waals surface area contributed by atoms with Crippen LogP contribution in [0.1, 0.15) is 0 Å². The molecular weight excluding hydrogens is 339 g/mol. The van der Waals surface area contributed by atoms with E-state index in [1.165, 1.54) is 0 Å². The molecule has 2 rings (SSSR count). The van der Waals surface area contributed by atoms with Crippen LogP contribution in [0.5, 0.6) is 5.75 Å². The Kier molecular flexibility index (Phi) is 6.26. The average molecular weight is 353 g/mol. The molecule has 2 aromatic rings. The highest BCUT2D eigenvalue weighted by Crippen LogP contribution is 2.22. The number of ether oxygens (including phenoxy) is 1. The molecule has 23 heavy (non-hydrogen) atoms. The van der Waals surface area contributed by atoms with E-state index >= 15 is 0 Å². The number of anilines is 1. The predicted octanol–water partition coefficient (Wildman–Crippen LogP) is 3.13. The maximum atomic E-state index is 11.7. The van der Waals surface area contributed by atoms with Crippen molar-refractivity contribution in [2.24, 2.45) is 0 Å². The van der Waals surface area contributed by atoms with Crippen LogP contribution >= 0.6 is 23.2 Å². The van der Waals surface area contributed by atoms with Gasteiger partial charge in [-0.1, -0.05) is 47.5 Å². The van der Waals surface area contributed by atoms with Crippen molar-refractivity contribution in [2.45, 2.75) is 0 Å². The fourth-order valence-electron chi connectivity index (χ4n) is 1.71. The van der Waals surface area contributed by atoms with Gasteiger partial charge in [-0.25, -0.2) is 0 Å². The summed E-state index contributed by atoms with van der Waals surface area (Å²) >= 11 is 11.8. The van der Waals surface area contributed by atoms with E-state index in [0.29, 0.717) is 21.5 Å². The van der Waals surface area contributed by atoms with E-state index in [4.69, 9.17) is 27.9 Å². The average Bonchev–Trinajstić information content (AvgIpc) is 2.55. The minimum atomic E-state index is -0.796. The molecule has 0 aliphatic heterocycles. The van der Waals surface area contributed by atoms with Gasteiger partial charge in [0.2, 0.25) is 0 Å². The van der Waals surface area contributed by atoms with E-state index in [1.807, 2.05) is 0 Å². The van der Waals surface area contributed by atoms with Crippen molar-refractivity contribution in [3.8, 4) is 5.75 Å². The lowest BCUT2D eigenvalue weighted by molar-refractivity contribution is -0.136. The largest absolute Gasteiger partial charge is 0.490 e. The van der Waals surface area contributed by atoms with E-state index in [9.17, 15) is 9.59 Å². The van der Waals surface area contributed by atoms with Gasteiger partial charge in [0.05, 0.1) is 22.3 Å². The number of carbonyl (C=O) groups is 2. The first kappa shape index (κ1) is 17.1. The maximum absolute atomic E-state index is 11.7.